The van der Waals surface area contributed by atoms with Crippen molar-refractivity contribution in [3.8, 4) is 0 Å². The predicted molar refractivity (Wildman–Crippen MR) is 91.4 cm³/mol. The Hall–Kier alpha value is -1.26. The molecule has 0 radical (unpaired) electrons. The molecule has 0 saturated carbocycles. The molecule has 0 aliphatic carbocycles. The van der Waals surface area contributed by atoms with E-state index in [4.69, 9.17) is 15.7 Å². The van der Waals surface area contributed by atoms with Gasteiger partial charge in [0.1, 0.15) is 0 Å². The standard InChI is InChI=1S/C17H23N3S/c1-11-4-6-13(19-10-11)12-5-7-15-14(8-12)20-16(21-15)9-17(2,3)18/h5,7-8,11H,4,6,9-10,18H2,1-3H3. The minimum Gasteiger partial charge on any atom is -0.325 e. The first-order valence-corrected chi connectivity index (χ1v) is 8.44. The van der Waals surface area contributed by atoms with Crippen molar-refractivity contribution in [2.45, 2.75) is 45.6 Å². The number of nitrogens with zero attached hydrogens (tertiary/aromatic N) is 2. The molecule has 2 N–H and O–H groups in total. The lowest BCUT2D eigenvalue weighted by Crippen LogP contribution is -2.34. The van der Waals surface area contributed by atoms with E-state index in [-0.39, 0.29) is 5.54 Å². The topological polar surface area (TPSA) is 51.3 Å². The second-order valence-electron chi connectivity index (χ2n) is 6.89. The van der Waals surface area contributed by atoms with Crippen molar-refractivity contribution in [3.63, 3.8) is 0 Å². The summed E-state index contributed by atoms with van der Waals surface area (Å²) in [5.74, 6) is 0.718. The van der Waals surface area contributed by atoms with Gasteiger partial charge in [-0.05, 0) is 50.3 Å². The number of thiazole rings is 1. The molecule has 0 amide bonds. The van der Waals surface area contributed by atoms with Crippen LogP contribution in [0.2, 0.25) is 0 Å². The Morgan fingerprint density at radius 2 is 2.19 bits per heavy atom. The van der Waals surface area contributed by atoms with Crippen LogP contribution in [0.4, 0.5) is 0 Å². The van der Waals surface area contributed by atoms with E-state index in [1.54, 1.807) is 11.3 Å². The van der Waals surface area contributed by atoms with Crippen LogP contribution < -0.4 is 5.73 Å². The molecule has 1 aliphatic heterocycles. The number of hydrogen-bond donors (Lipinski definition) is 1. The van der Waals surface area contributed by atoms with Gasteiger partial charge in [0.05, 0.1) is 15.2 Å². The lowest BCUT2D eigenvalue weighted by atomic mass is 9.96. The first-order chi connectivity index (χ1) is 9.90. The van der Waals surface area contributed by atoms with Crippen LogP contribution in [0.15, 0.2) is 23.2 Å². The molecule has 0 spiro atoms. The molecule has 1 aromatic heterocycles. The fourth-order valence-electron chi connectivity index (χ4n) is 2.68. The van der Waals surface area contributed by atoms with E-state index in [0.717, 1.165) is 35.8 Å². The minimum absolute atomic E-state index is 0.208. The Bertz CT molecular complexity index is 679. The Morgan fingerprint density at radius 1 is 1.38 bits per heavy atom. The molecule has 21 heavy (non-hydrogen) atoms. The van der Waals surface area contributed by atoms with Gasteiger partial charge in [-0.3, -0.25) is 4.99 Å². The normalized spacial score (nSPS) is 19.8. The minimum atomic E-state index is -0.208. The zero-order valence-electron chi connectivity index (χ0n) is 13.0. The molecule has 4 heteroatoms. The maximum atomic E-state index is 6.10. The summed E-state index contributed by atoms with van der Waals surface area (Å²) in [6.07, 6.45) is 3.14. The van der Waals surface area contributed by atoms with E-state index in [0.29, 0.717) is 0 Å². The average molecular weight is 301 g/mol. The molecule has 1 unspecified atom stereocenters. The summed E-state index contributed by atoms with van der Waals surface area (Å²) in [6.45, 7) is 7.31. The Kier molecular flexibility index (Phi) is 3.84. The van der Waals surface area contributed by atoms with Gasteiger partial charge in [0.15, 0.2) is 0 Å². The molecule has 3 nitrogen and oxygen atoms in total. The van der Waals surface area contributed by atoms with Gasteiger partial charge in [0, 0.05) is 24.2 Å². The van der Waals surface area contributed by atoms with Gasteiger partial charge in [0.25, 0.3) is 0 Å². The molecule has 2 aromatic rings. The van der Waals surface area contributed by atoms with Gasteiger partial charge in [-0.25, -0.2) is 4.98 Å². The van der Waals surface area contributed by atoms with Crippen LogP contribution in [-0.4, -0.2) is 22.8 Å². The summed E-state index contributed by atoms with van der Waals surface area (Å²) in [6, 6.07) is 6.55. The number of aromatic nitrogens is 1. The second kappa shape index (κ2) is 5.50. The predicted octanol–water partition coefficient (Wildman–Crippen LogP) is 3.80. The van der Waals surface area contributed by atoms with Crippen molar-refractivity contribution < 1.29 is 0 Å². The lowest BCUT2D eigenvalue weighted by Gasteiger charge is -2.17. The summed E-state index contributed by atoms with van der Waals surface area (Å²) in [5, 5.41) is 1.12. The van der Waals surface area contributed by atoms with Gasteiger partial charge in [-0.15, -0.1) is 11.3 Å². The molecule has 112 valence electrons. The molecule has 0 saturated heterocycles. The summed E-state index contributed by atoms with van der Waals surface area (Å²) < 4.78 is 1.24. The van der Waals surface area contributed by atoms with Crippen LogP contribution in [0.5, 0.6) is 0 Å². The number of rotatable bonds is 3. The highest BCUT2D eigenvalue weighted by Gasteiger charge is 2.17. The van der Waals surface area contributed by atoms with E-state index in [9.17, 15) is 0 Å². The van der Waals surface area contributed by atoms with Crippen molar-refractivity contribution in [2.75, 3.05) is 6.54 Å². The Morgan fingerprint density at radius 3 is 2.86 bits per heavy atom. The summed E-state index contributed by atoms with van der Waals surface area (Å²) in [7, 11) is 0. The van der Waals surface area contributed by atoms with E-state index in [2.05, 4.69) is 25.1 Å². The molecule has 1 aliphatic rings. The van der Waals surface area contributed by atoms with Crippen molar-refractivity contribution in [2.24, 2.45) is 16.6 Å². The maximum absolute atomic E-state index is 6.10. The third-order valence-electron chi connectivity index (χ3n) is 3.84. The largest absolute Gasteiger partial charge is 0.325 e. The molecule has 0 bridgehead atoms. The smallest absolute Gasteiger partial charge is 0.0956 e. The van der Waals surface area contributed by atoms with Crippen molar-refractivity contribution in [3.05, 3.63) is 28.8 Å². The highest BCUT2D eigenvalue weighted by molar-refractivity contribution is 7.18. The maximum Gasteiger partial charge on any atom is 0.0956 e. The van der Waals surface area contributed by atoms with Crippen LogP contribution >= 0.6 is 11.3 Å². The fourth-order valence-corrected chi connectivity index (χ4v) is 3.86. The van der Waals surface area contributed by atoms with Gasteiger partial charge in [-0.1, -0.05) is 13.0 Å². The molecule has 0 fully saturated rings. The fraction of sp³-hybridized carbons (Fsp3) is 0.529. The average Bonchev–Trinajstić information content (AvgIpc) is 2.78. The van der Waals surface area contributed by atoms with Gasteiger partial charge in [0.2, 0.25) is 0 Å². The Labute approximate surface area is 130 Å². The number of benzene rings is 1. The molecule has 1 aromatic carbocycles. The zero-order valence-corrected chi connectivity index (χ0v) is 13.8. The van der Waals surface area contributed by atoms with Gasteiger partial charge >= 0.3 is 0 Å². The number of hydrogen-bond acceptors (Lipinski definition) is 4. The molecule has 3 rings (SSSR count). The Balaban J connectivity index is 1.90. The molecular weight excluding hydrogens is 278 g/mol. The van der Waals surface area contributed by atoms with E-state index in [1.807, 2.05) is 13.8 Å². The van der Waals surface area contributed by atoms with Crippen molar-refractivity contribution in [1.29, 1.82) is 0 Å². The quantitative estimate of drug-likeness (QED) is 0.937. The van der Waals surface area contributed by atoms with Crippen LogP contribution in [0.3, 0.4) is 0 Å². The van der Waals surface area contributed by atoms with Crippen LogP contribution in [0.25, 0.3) is 10.2 Å². The number of nitrogens with two attached hydrogens (primary N) is 1. The number of aliphatic imine (C=N–C) groups is 1. The first-order valence-electron chi connectivity index (χ1n) is 7.63. The highest BCUT2D eigenvalue weighted by Crippen LogP contribution is 2.27. The third kappa shape index (κ3) is 3.50. The SMILES string of the molecule is CC1CCC(c2ccc3sc(CC(C)(C)N)nc3c2)=NC1. The molecule has 1 atom stereocenters. The van der Waals surface area contributed by atoms with Gasteiger partial charge in [-0.2, -0.15) is 0 Å². The molecular formula is C17H23N3S. The van der Waals surface area contributed by atoms with Crippen LogP contribution in [0.1, 0.15) is 44.2 Å². The van der Waals surface area contributed by atoms with Crippen molar-refractivity contribution >= 4 is 27.3 Å². The van der Waals surface area contributed by atoms with Gasteiger partial charge < -0.3 is 5.73 Å². The monoisotopic (exact) mass is 301 g/mol. The van der Waals surface area contributed by atoms with Crippen molar-refractivity contribution in [1.82, 2.24) is 4.98 Å². The summed E-state index contributed by atoms with van der Waals surface area (Å²) in [5.41, 5.74) is 9.44. The zero-order chi connectivity index (χ0) is 15.0. The van der Waals surface area contributed by atoms with E-state index < -0.39 is 0 Å². The van der Waals surface area contributed by atoms with E-state index >= 15 is 0 Å². The second-order valence-corrected chi connectivity index (χ2v) is 8.00. The number of fused-ring (bicyclic) bond motifs is 1. The highest BCUT2D eigenvalue weighted by atomic mass is 32.1. The third-order valence-corrected chi connectivity index (χ3v) is 4.88. The summed E-state index contributed by atoms with van der Waals surface area (Å²) >= 11 is 1.75. The van der Waals surface area contributed by atoms with Crippen LogP contribution in [-0.2, 0) is 6.42 Å². The first kappa shape index (κ1) is 14.7. The van der Waals surface area contributed by atoms with Crippen LogP contribution in [0, 0.1) is 5.92 Å². The molecule has 2 heterocycles. The summed E-state index contributed by atoms with van der Waals surface area (Å²) in [4.78, 5) is 9.48. The van der Waals surface area contributed by atoms with E-state index in [1.165, 1.54) is 22.4 Å². The lowest BCUT2D eigenvalue weighted by molar-refractivity contribution is 0.516.